The fourth-order valence-electron chi connectivity index (χ4n) is 2.65. The predicted molar refractivity (Wildman–Crippen MR) is 94.0 cm³/mol. The lowest BCUT2D eigenvalue weighted by molar-refractivity contribution is 0.0681. The molecule has 0 atom stereocenters. The summed E-state index contributed by atoms with van der Waals surface area (Å²) in [6, 6.07) is 13.1. The van der Waals surface area contributed by atoms with Gasteiger partial charge >= 0.3 is 5.97 Å². The molecular formula is C20H24O4. The first-order valence-electron chi connectivity index (χ1n) is 8.35. The number of aromatic carboxylic acids is 1. The summed E-state index contributed by atoms with van der Waals surface area (Å²) in [6.45, 7) is 4.13. The van der Waals surface area contributed by atoms with Crippen LogP contribution in [0.5, 0.6) is 11.5 Å². The first kappa shape index (κ1) is 17.9. The van der Waals surface area contributed by atoms with E-state index in [2.05, 4.69) is 19.9 Å². The Labute approximate surface area is 143 Å². The van der Waals surface area contributed by atoms with Gasteiger partial charge in [-0.1, -0.05) is 51.0 Å². The van der Waals surface area contributed by atoms with Crippen LogP contribution in [0.2, 0.25) is 0 Å². The summed E-state index contributed by atoms with van der Waals surface area (Å²) >= 11 is 0. The predicted octanol–water partition coefficient (Wildman–Crippen LogP) is 4.71. The topological polar surface area (TPSA) is 55.8 Å². The normalized spacial score (nSPS) is 10.4. The molecular weight excluding hydrogens is 304 g/mol. The summed E-state index contributed by atoms with van der Waals surface area (Å²) in [5.74, 6) is 0.133. The molecule has 0 aliphatic carbocycles. The van der Waals surface area contributed by atoms with E-state index in [4.69, 9.17) is 9.47 Å². The van der Waals surface area contributed by atoms with Crippen molar-refractivity contribution in [3.05, 3.63) is 59.2 Å². The number of para-hydroxylation sites is 1. The Morgan fingerprint density at radius 1 is 1.00 bits per heavy atom. The van der Waals surface area contributed by atoms with Crippen LogP contribution in [0.4, 0.5) is 0 Å². The summed E-state index contributed by atoms with van der Waals surface area (Å²) in [4.78, 5) is 11.6. The zero-order valence-electron chi connectivity index (χ0n) is 14.2. The molecule has 0 unspecified atom stereocenters. The number of carboxylic acid groups (broad SMARTS) is 1. The van der Waals surface area contributed by atoms with Crippen molar-refractivity contribution < 1.29 is 19.4 Å². The number of ether oxygens (including phenoxy) is 2. The Morgan fingerprint density at radius 3 is 2.33 bits per heavy atom. The van der Waals surface area contributed by atoms with Gasteiger partial charge in [0.05, 0.1) is 0 Å². The zero-order valence-corrected chi connectivity index (χ0v) is 14.2. The van der Waals surface area contributed by atoms with Crippen LogP contribution < -0.4 is 9.47 Å². The second-order valence-electron chi connectivity index (χ2n) is 5.66. The molecule has 2 aromatic rings. The van der Waals surface area contributed by atoms with Crippen LogP contribution >= 0.6 is 0 Å². The van der Waals surface area contributed by atoms with Crippen LogP contribution in [0.25, 0.3) is 0 Å². The van der Waals surface area contributed by atoms with Crippen molar-refractivity contribution in [2.75, 3.05) is 6.79 Å². The summed E-state index contributed by atoms with van der Waals surface area (Å²) in [7, 11) is 0. The van der Waals surface area contributed by atoms with Crippen LogP contribution in [-0.4, -0.2) is 17.9 Å². The summed E-state index contributed by atoms with van der Waals surface area (Å²) in [6.07, 6.45) is 3.53. The van der Waals surface area contributed by atoms with Crippen molar-refractivity contribution >= 4 is 5.97 Å². The van der Waals surface area contributed by atoms with Crippen LogP contribution in [0.1, 0.15) is 48.2 Å². The number of hydrogen-bond donors (Lipinski definition) is 1. The third-order valence-corrected chi connectivity index (χ3v) is 3.69. The minimum absolute atomic E-state index is 0.0197. The SMILES string of the molecule is CCCc1cc(CCC)c(OCOc2ccccc2)c(C(=O)O)c1. The Bertz CT molecular complexity index is 665. The maximum absolute atomic E-state index is 11.6. The fraction of sp³-hybridized carbons (Fsp3) is 0.350. The van der Waals surface area contributed by atoms with Gasteiger partial charge < -0.3 is 14.6 Å². The number of benzene rings is 2. The van der Waals surface area contributed by atoms with E-state index in [0.29, 0.717) is 11.5 Å². The van der Waals surface area contributed by atoms with E-state index in [-0.39, 0.29) is 12.4 Å². The van der Waals surface area contributed by atoms with Crippen molar-refractivity contribution in [3.63, 3.8) is 0 Å². The maximum atomic E-state index is 11.6. The molecule has 0 heterocycles. The highest BCUT2D eigenvalue weighted by Crippen LogP contribution is 2.28. The number of aryl methyl sites for hydroxylation is 2. The lowest BCUT2D eigenvalue weighted by atomic mass is 9.98. The largest absolute Gasteiger partial charge is 0.478 e. The van der Waals surface area contributed by atoms with Gasteiger partial charge in [-0.25, -0.2) is 4.79 Å². The number of hydrogen-bond acceptors (Lipinski definition) is 3. The van der Waals surface area contributed by atoms with Gasteiger partial charge in [0.2, 0.25) is 6.79 Å². The van der Waals surface area contributed by atoms with Gasteiger partial charge in [0.1, 0.15) is 17.1 Å². The first-order valence-corrected chi connectivity index (χ1v) is 8.35. The van der Waals surface area contributed by atoms with Gasteiger partial charge in [-0.05, 0) is 42.2 Å². The van der Waals surface area contributed by atoms with E-state index in [1.54, 1.807) is 6.07 Å². The van der Waals surface area contributed by atoms with Gasteiger partial charge in [0, 0.05) is 0 Å². The molecule has 128 valence electrons. The second-order valence-corrected chi connectivity index (χ2v) is 5.66. The molecule has 0 aromatic heterocycles. The molecule has 0 amide bonds. The van der Waals surface area contributed by atoms with Gasteiger partial charge in [-0.15, -0.1) is 0 Å². The van der Waals surface area contributed by atoms with Crippen LogP contribution in [0, 0.1) is 0 Å². The van der Waals surface area contributed by atoms with Crippen LogP contribution in [0.15, 0.2) is 42.5 Å². The molecule has 2 aromatic carbocycles. The van der Waals surface area contributed by atoms with Crippen molar-refractivity contribution in [3.8, 4) is 11.5 Å². The van der Waals surface area contributed by atoms with E-state index < -0.39 is 5.97 Å². The Kier molecular flexibility index (Phi) is 6.67. The van der Waals surface area contributed by atoms with Crippen molar-refractivity contribution in [2.24, 2.45) is 0 Å². The minimum Gasteiger partial charge on any atom is -0.478 e. The van der Waals surface area contributed by atoms with Crippen molar-refractivity contribution in [1.82, 2.24) is 0 Å². The zero-order chi connectivity index (χ0) is 17.4. The van der Waals surface area contributed by atoms with Crippen LogP contribution in [0.3, 0.4) is 0 Å². The summed E-state index contributed by atoms with van der Waals surface area (Å²) < 4.78 is 11.3. The van der Waals surface area contributed by atoms with Gasteiger partial charge in [-0.3, -0.25) is 0 Å². The van der Waals surface area contributed by atoms with Crippen LogP contribution in [-0.2, 0) is 12.8 Å². The Balaban J connectivity index is 2.23. The lowest BCUT2D eigenvalue weighted by Crippen LogP contribution is -2.12. The van der Waals surface area contributed by atoms with E-state index >= 15 is 0 Å². The molecule has 0 bridgehead atoms. The molecule has 1 N–H and O–H groups in total. The van der Waals surface area contributed by atoms with Crippen molar-refractivity contribution in [2.45, 2.75) is 39.5 Å². The highest BCUT2D eigenvalue weighted by molar-refractivity contribution is 5.91. The highest BCUT2D eigenvalue weighted by atomic mass is 16.7. The Hall–Kier alpha value is -2.49. The van der Waals surface area contributed by atoms with Crippen molar-refractivity contribution in [1.29, 1.82) is 0 Å². The number of carboxylic acids is 1. The molecule has 24 heavy (non-hydrogen) atoms. The maximum Gasteiger partial charge on any atom is 0.339 e. The molecule has 2 rings (SSSR count). The third kappa shape index (κ3) is 4.75. The molecule has 0 aliphatic heterocycles. The molecule has 0 radical (unpaired) electrons. The standard InChI is InChI=1S/C20H24O4/c1-3-8-15-12-16(9-4-2)19(18(13-15)20(21)22)24-14-23-17-10-6-5-7-11-17/h5-7,10-13H,3-4,8-9,14H2,1-2H3,(H,21,22). The fourth-order valence-corrected chi connectivity index (χ4v) is 2.65. The average Bonchev–Trinajstić information content (AvgIpc) is 2.57. The summed E-state index contributed by atoms with van der Waals surface area (Å²) in [5.41, 5.74) is 2.17. The summed E-state index contributed by atoms with van der Waals surface area (Å²) in [5, 5.41) is 9.55. The highest BCUT2D eigenvalue weighted by Gasteiger charge is 2.17. The number of carbonyl (C=O) groups is 1. The smallest absolute Gasteiger partial charge is 0.339 e. The molecule has 0 fully saturated rings. The van der Waals surface area contributed by atoms with Gasteiger partial charge in [0.25, 0.3) is 0 Å². The second kappa shape index (κ2) is 8.96. The van der Waals surface area contributed by atoms with Gasteiger partial charge in [-0.2, -0.15) is 0 Å². The van der Waals surface area contributed by atoms with E-state index in [1.807, 2.05) is 30.3 Å². The van der Waals surface area contributed by atoms with E-state index in [9.17, 15) is 9.90 Å². The lowest BCUT2D eigenvalue weighted by Gasteiger charge is -2.16. The van der Waals surface area contributed by atoms with E-state index in [0.717, 1.165) is 36.8 Å². The minimum atomic E-state index is -0.972. The Morgan fingerprint density at radius 2 is 1.71 bits per heavy atom. The molecule has 0 saturated carbocycles. The molecule has 0 spiro atoms. The molecule has 0 saturated heterocycles. The average molecular weight is 328 g/mol. The molecule has 4 heteroatoms. The first-order chi connectivity index (χ1) is 11.7. The van der Waals surface area contributed by atoms with Gasteiger partial charge in [0.15, 0.2) is 0 Å². The third-order valence-electron chi connectivity index (χ3n) is 3.69. The molecule has 0 aliphatic rings. The van der Waals surface area contributed by atoms with E-state index in [1.165, 1.54) is 0 Å². The monoisotopic (exact) mass is 328 g/mol. The quantitative estimate of drug-likeness (QED) is 0.678. The number of rotatable bonds is 9. The molecule has 4 nitrogen and oxygen atoms in total.